The Morgan fingerprint density at radius 2 is 1.48 bits per heavy atom. The number of aromatic nitrogens is 2. The maximum atomic E-state index is 12.7. The molecule has 21 heavy (non-hydrogen) atoms. The molecule has 0 unspecified atom stereocenters. The molecule has 1 fully saturated rings. The van der Waals surface area contributed by atoms with Gasteiger partial charge in [0.05, 0.1) is 0 Å². The van der Waals surface area contributed by atoms with Crippen LogP contribution in [0.1, 0.15) is 32.1 Å². The van der Waals surface area contributed by atoms with Gasteiger partial charge in [0, 0.05) is 33.4 Å². The lowest BCUT2D eigenvalue weighted by Crippen LogP contribution is -2.43. The Morgan fingerprint density at radius 3 is 2.05 bits per heavy atom. The SMILES string of the molecule is Cn1cc(S(=O)(=O)N2CCCCCCC2)c(=O)n(C)c1=O. The van der Waals surface area contributed by atoms with Crippen molar-refractivity contribution < 1.29 is 8.42 Å². The summed E-state index contributed by atoms with van der Waals surface area (Å²) < 4.78 is 28.7. The van der Waals surface area contributed by atoms with E-state index in [2.05, 4.69) is 0 Å². The maximum Gasteiger partial charge on any atom is 0.330 e. The Morgan fingerprint density at radius 1 is 0.952 bits per heavy atom. The van der Waals surface area contributed by atoms with Crippen molar-refractivity contribution in [3.63, 3.8) is 0 Å². The third-order valence-electron chi connectivity index (χ3n) is 3.85. The van der Waals surface area contributed by atoms with Crippen molar-refractivity contribution in [1.82, 2.24) is 13.4 Å². The molecule has 0 atom stereocenters. The second-order valence-corrected chi connectivity index (χ2v) is 7.33. The number of hydrogen-bond acceptors (Lipinski definition) is 4. The Labute approximate surface area is 123 Å². The summed E-state index contributed by atoms with van der Waals surface area (Å²) in [6.45, 7) is 0.850. The third kappa shape index (κ3) is 3.11. The maximum absolute atomic E-state index is 12.7. The number of hydrogen-bond donors (Lipinski definition) is 0. The van der Waals surface area contributed by atoms with E-state index in [-0.39, 0.29) is 4.90 Å². The van der Waals surface area contributed by atoms with Crippen molar-refractivity contribution in [1.29, 1.82) is 0 Å². The lowest BCUT2D eigenvalue weighted by Gasteiger charge is -2.24. The minimum atomic E-state index is -3.85. The van der Waals surface area contributed by atoms with E-state index in [1.165, 1.54) is 18.4 Å². The van der Waals surface area contributed by atoms with Crippen LogP contribution in [0.3, 0.4) is 0 Å². The van der Waals surface area contributed by atoms with E-state index in [4.69, 9.17) is 0 Å². The molecule has 0 amide bonds. The molecule has 0 radical (unpaired) electrons. The van der Waals surface area contributed by atoms with E-state index < -0.39 is 21.3 Å². The summed E-state index contributed by atoms with van der Waals surface area (Å²) in [7, 11) is -1.13. The summed E-state index contributed by atoms with van der Waals surface area (Å²) in [6, 6.07) is 0. The first-order chi connectivity index (χ1) is 9.85. The van der Waals surface area contributed by atoms with Crippen LogP contribution >= 0.6 is 0 Å². The number of aryl methyl sites for hydroxylation is 1. The first kappa shape index (κ1) is 16.0. The van der Waals surface area contributed by atoms with Crippen LogP contribution in [-0.4, -0.2) is 34.9 Å². The highest BCUT2D eigenvalue weighted by molar-refractivity contribution is 7.89. The van der Waals surface area contributed by atoms with E-state index in [9.17, 15) is 18.0 Å². The molecule has 1 aliphatic rings. The topological polar surface area (TPSA) is 81.4 Å². The molecule has 2 rings (SSSR count). The van der Waals surface area contributed by atoms with Crippen molar-refractivity contribution in [3.8, 4) is 0 Å². The highest BCUT2D eigenvalue weighted by atomic mass is 32.2. The smallest absolute Gasteiger partial charge is 0.302 e. The Bertz CT molecular complexity index is 725. The van der Waals surface area contributed by atoms with Gasteiger partial charge in [0.25, 0.3) is 5.56 Å². The van der Waals surface area contributed by atoms with E-state index in [1.54, 1.807) is 0 Å². The average molecular weight is 315 g/mol. The van der Waals surface area contributed by atoms with E-state index >= 15 is 0 Å². The van der Waals surface area contributed by atoms with Gasteiger partial charge >= 0.3 is 5.69 Å². The Kier molecular flexibility index (Phi) is 4.67. The normalized spacial score (nSPS) is 18.2. The van der Waals surface area contributed by atoms with Crippen molar-refractivity contribution in [3.05, 3.63) is 27.0 Å². The fraction of sp³-hybridized carbons (Fsp3) is 0.692. The van der Waals surface area contributed by atoms with Crippen molar-refractivity contribution in [2.75, 3.05) is 13.1 Å². The first-order valence-corrected chi connectivity index (χ1v) is 8.56. The molecule has 8 heteroatoms. The van der Waals surface area contributed by atoms with Gasteiger partial charge in [-0.1, -0.05) is 19.3 Å². The van der Waals surface area contributed by atoms with Gasteiger partial charge in [-0.15, -0.1) is 0 Å². The largest absolute Gasteiger partial charge is 0.330 e. The molecule has 0 saturated carbocycles. The standard InChI is InChI=1S/C13H21N3O4S/c1-14-10-11(12(17)15(2)13(14)18)21(19,20)16-8-6-4-3-5-7-9-16/h10H,3-9H2,1-2H3. The van der Waals surface area contributed by atoms with Crippen LogP contribution in [0.15, 0.2) is 20.7 Å². The van der Waals surface area contributed by atoms with Gasteiger partial charge in [0.2, 0.25) is 10.0 Å². The Hall–Kier alpha value is -1.41. The van der Waals surface area contributed by atoms with Crippen LogP contribution in [0.4, 0.5) is 0 Å². The van der Waals surface area contributed by atoms with Gasteiger partial charge in [-0.25, -0.2) is 13.2 Å². The molecule has 1 aromatic rings. The fourth-order valence-electron chi connectivity index (χ4n) is 2.55. The van der Waals surface area contributed by atoms with E-state index in [1.807, 2.05) is 0 Å². The minimum Gasteiger partial charge on any atom is -0.302 e. The van der Waals surface area contributed by atoms with Gasteiger partial charge in [-0.05, 0) is 12.8 Å². The minimum absolute atomic E-state index is 0.326. The molecule has 0 N–H and O–H groups in total. The van der Waals surface area contributed by atoms with Gasteiger partial charge in [0.15, 0.2) is 4.90 Å². The zero-order valence-corrected chi connectivity index (χ0v) is 13.2. The quantitative estimate of drug-likeness (QED) is 0.771. The molecular weight excluding hydrogens is 294 g/mol. The Balaban J connectivity index is 2.48. The molecule has 1 aliphatic heterocycles. The van der Waals surface area contributed by atoms with Gasteiger partial charge < -0.3 is 4.57 Å². The van der Waals surface area contributed by atoms with Crippen LogP contribution in [0.25, 0.3) is 0 Å². The van der Waals surface area contributed by atoms with Crippen molar-refractivity contribution >= 4 is 10.0 Å². The molecule has 1 saturated heterocycles. The van der Waals surface area contributed by atoms with E-state index in [0.717, 1.165) is 47.4 Å². The summed E-state index contributed by atoms with van der Waals surface area (Å²) in [4.78, 5) is 23.5. The predicted octanol–water partition coefficient (Wildman–Crippen LogP) is 0.0388. The lowest BCUT2D eigenvalue weighted by atomic mass is 10.1. The van der Waals surface area contributed by atoms with E-state index in [0.29, 0.717) is 13.1 Å². The molecule has 0 bridgehead atoms. The number of nitrogens with zero attached hydrogens (tertiary/aromatic N) is 3. The number of sulfonamides is 1. The van der Waals surface area contributed by atoms with Gasteiger partial charge in [-0.3, -0.25) is 9.36 Å². The zero-order chi connectivity index (χ0) is 15.6. The first-order valence-electron chi connectivity index (χ1n) is 7.12. The number of rotatable bonds is 2. The molecule has 1 aromatic heterocycles. The summed E-state index contributed by atoms with van der Waals surface area (Å²) in [5.41, 5.74) is -1.30. The second kappa shape index (κ2) is 6.15. The summed E-state index contributed by atoms with van der Waals surface area (Å²) in [5.74, 6) is 0. The highest BCUT2D eigenvalue weighted by Crippen LogP contribution is 2.17. The third-order valence-corrected chi connectivity index (χ3v) is 5.73. The molecule has 2 heterocycles. The van der Waals surface area contributed by atoms with Crippen LogP contribution in [0.2, 0.25) is 0 Å². The second-order valence-electron chi connectivity index (χ2n) is 5.42. The summed E-state index contributed by atoms with van der Waals surface area (Å²) in [6.07, 6.45) is 5.83. The van der Waals surface area contributed by atoms with Crippen LogP contribution in [0.5, 0.6) is 0 Å². The molecule has 7 nitrogen and oxygen atoms in total. The fourth-order valence-corrected chi connectivity index (χ4v) is 4.22. The highest BCUT2D eigenvalue weighted by Gasteiger charge is 2.28. The monoisotopic (exact) mass is 315 g/mol. The lowest BCUT2D eigenvalue weighted by molar-refractivity contribution is 0.363. The molecule has 0 aliphatic carbocycles. The van der Waals surface area contributed by atoms with Crippen molar-refractivity contribution in [2.24, 2.45) is 14.1 Å². The molecule has 0 spiro atoms. The van der Waals surface area contributed by atoms with Crippen LogP contribution in [0, 0.1) is 0 Å². The van der Waals surface area contributed by atoms with Crippen LogP contribution < -0.4 is 11.2 Å². The molecule has 0 aromatic carbocycles. The van der Waals surface area contributed by atoms with Crippen LogP contribution in [-0.2, 0) is 24.1 Å². The average Bonchev–Trinajstić information content (AvgIpc) is 2.39. The predicted molar refractivity (Wildman–Crippen MR) is 78.8 cm³/mol. The zero-order valence-electron chi connectivity index (χ0n) is 12.4. The molecule has 118 valence electrons. The molecular formula is C13H21N3O4S. The summed E-state index contributed by atoms with van der Waals surface area (Å²) in [5, 5.41) is 0. The van der Waals surface area contributed by atoms with Gasteiger partial charge in [-0.2, -0.15) is 4.31 Å². The van der Waals surface area contributed by atoms with Gasteiger partial charge in [0.1, 0.15) is 0 Å². The van der Waals surface area contributed by atoms with Crippen molar-refractivity contribution in [2.45, 2.75) is 37.0 Å². The summed E-state index contributed by atoms with van der Waals surface area (Å²) >= 11 is 0.